The highest BCUT2D eigenvalue weighted by atomic mass is 35.5. The van der Waals surface area contributed by atoms with Crippen molar-refractivity contribution in [1.82, 2.24) is 15.5 Å². The molecule has 3 N–H and O–H groups in total. The first kappa shape index (κ1) is 16.7. The van der Waals surface area contributed by atoms with Crippen molar-refractivity contribution in [2.24, 2.45) is 5.41 Å². The molecule has 2 aromatic rings. The Morgan fingerprint density at radius 2 is 2.18 bits per heavy atom. The summed E-state index contributed by atoms with van der Waals surface area (Å²) in [6.07, 6.45) is 3.35. The van der Waals surface area contributed by atoms with E-state index in [9.17, 15) is 4.79 Å². The number of rotatable bonds is 4. The fraction of sp³-hybridized carbons (Fsp3) is 0.467. The average molecular weight is 325 g/mol. The minimum absolute atomic E-state index is 0. The number of aromatic amines is 1. The number of aromatic nitrogens is 2. The van der Waals surface area contributed by atoms with Crippen LogP contribution in [0.1, 0.15) is 12.8 Å². The molecule has 0 atom stereocenters. The van der Waals surface area contributed by atoms with Crippen molar-refractivity contribution >= 4 is 34.9 Å². The van der Waals surface area contributed by atoms with Gasteiger partial charge >= 0.3 is 0 Å². The summed E-state index contributed by atoms with van der Waals surface area (Å²) in [7, 11) is 1.65. The van der Waals surface area contributed by atoms with Crippen molar-refractivity contribution in [1.29, 1.82) is 0 Å². The molecule has 120 valence electrons. The molecule has 0 unspecified atom stereocenters. The zero-order valence-corrected chi connectivity index (χ0v) is 13.3. The van der Waals surface area contributed by atoms with Gasteiger partial charge in [0.05, 0.1) is 23.7 Å². The molecule has 1 saturated heterocycles. The van der Waals surface area contributed by atoms with Gasteiger partial charge in [-0.2, -0.15) is 5.10 Å². The highest BCUT2D eigenvalue weighted by Gasteiger charge is 2.39. The van der Waals surface area contributed by atoms with Crippen LogP contribution in [-0.4, -0.2) is 42.9 Å². The summed E-state index contributed by atoms with van der Waals surface area (Å²) < 4.78 is 5.30. The summed E-state index contributed by atoms with van der Waals surface area (Å²) in [5, 5.41) is 14.2. The second kappa shape index (κ2) is 7.09. The van der Waals surface area contributed by atoms with E-state index in [4.69, 9.17) is 4.74 Å². The first-order valence-corrected chi connectivity index (χ1v) is 7.18. The number of halogens is 1. The Morgan fingerprint density at radius 3 is 2.91 bits per heavy atom. The van der Waals surface area contributed by atoms with Crippen LogP contribution in [0.4, 0.5) is 5.69 Å². The number of fused-ring (bicyclic) bond motifs is 1. The third-order valence-electron chi connectivity index (χ3n) is 4.16. The van der Waals surface area contributed by atoms with Gasteiger partial charge in [-0.15, -0.1) is 12.4 Å². The number of benzene rings is 1. The Kier molecular flexibility index (Phi) is 5.39. The van der Waals surface area contributed by atoms with Crippen LogP contribution in [0, 0.1) is 5.41 Å². The topological polar surface area (TPSA) is 79.0 Å². The standard InChI is InChI=1S/C15H20N4O2.ClH/c1-21-10-15(4-6-16-7-5-15)14(20)18-12-3-2-11-9-17-19-13(11)8-12;/h2-3,8-9,16H,4-7,10H2,1H3,(H,17,19)(H,18,20);1H. The number of carbonyl (C=O) groups is 1. The summed E-state index contributed by atoms with van der Waals surface area (Å²) in [4.78, 5) is 12.7. The molecular weight excluding hydrogens is 304 g/mol. The number of piperidine rings is 1. The predicted molar refractivity (Wildman–Crippen MR) is 88.4 cm³/mol. The van der Waals surface area contributed by atoms with Gasteiger partial charge in [-0.25, -0.2) is 0 Å². The van der Waals surface area contributed by atoms with E-state index >= 15 is 0 Å². The van der Waals surface area contributed by atoms with E-state index in [1.54, 1.807) is 13.3 Å². The Morgan fingerprint density at radius 1 is 1.41 bits per heavy atom. The van der Waals surface area contributed by atoms with E-state index in [-0.39, 0.29) is 18.3 Å². The van der Waals surface area contributed by atoms with Crippen molar-refractivity contribution in [2.75, 3.05) is 32.1 Å². The molecule has 0 saturated carbocycles. The van der Waals surface area contributed by atoms with Crippen LogP contribution in [0.3, 0.4) is 0 Å². The molecule has 2 heterocycles. The zero-order valence-electron chi connectivity index (χ0n) is 12.5. The molecule has 22 heavy (non-hydrogen) atoms. The minimum Gasteiger partial charge on any atom is -0.384 e. The number of H-pyrrole nitrogens is 1. The third kappa shape index (κ3) is 3.24. The highest BCUT2D eigenvalue weighted by Crippen LogP contribution is 2.31. The molecular formula is C15H21ClN4O2. The first-order chi connectivity index (χ1) is 10.2. The van der Waals surface area contributed by atoms with Crippen molar-refractivity contribution < 1.29 is 9.53 Å². The molecule has 6 nitrogen and oxygen atoms in total. The van der Waals surface area contributed by atoms with Gasteiger partial charge in [-0.05, 0) is 44.1 Å². The summed E-state index contributed by atoms with van der Waals surface area (Å²) in [5.74, 6) is 0.0321. The van der Waals surface area contributed by atoms with Crippen LogP contribution in [-0.2, 0) is 9.53 Å². The molecule has 1 fully saturated rings. The Balaban J connectivity index is 0.00000176. The quantitative estimate of drug-likeness (QED) is 0.803. The van der Waals surface area contributed by atoms with Crippen LogP contribution in [0.15, 0.2) is 24.4 Å². The van der Waals surface area contributed by atoms with Gasteiger partial charge in [-0.1, -0.05) is 0 Å². The number of nitrogens with one attached hydrogen (secondary N) is 3. The third-order valence-corrected chi connectivity index (χ3v) is 4.16. The van der Waals surface area contributed by atoms with Crippen LogP contribution >= 0.6 is 12.4 Å². The molecule has 1 aromatic heterocycles. The summed E-state index contributed by atoms with van der Waals surface area (Å²) in [5.41, 5.74) is 1.26. The highest BCUT2D eigenvalue weighted by molar-refractivity contribution is 5.97. The van der Waals surface area contributed by atoms with Gasteiger partial charge in [0.15, 0.2) is 0 Å². The molecule has 3 rings (SSSR count). The van der Waals surface area contributed by atoms with Crippen LogP contribution in [0.25, 0.3) is 10.9 Å². The van der Waals surface area contributed by atoms with Crippen molar-refractivity contribution in [3.63, 3.8) is 0 Å². The Labute approximate surface area is 135 Å². The number of hydrogen-bond donors (Lipinski definition) is 3. The summed E-state index contributed by atoms with van der Waals surface area (Å²) in [6, 6.07) is 5.75. The number of hydrogen-bond acceptors (Lipinski definition) is 4. The summed E-state index contributed by atoms with van der Waals surface area (Å²) >= 11 is 0. The minimum atomic E-state index is -0.442. The van der Waals surface area contributed by atoms with Crippen molar-refractivity contribution in [3.05, 3.63) is 24.4 Å². The van der Waals surface area contributed by atoms with E-state index in [1.807, 2.05) is 18.2 Å². The first-order valence-electron chi connectivity index (χ1n) is 7.18. The summed E-state index contributed by atoms with van der Waals surface area (Å²) in [6.45, 7) is 2.14. The van der Waals surface area contributed by atoms with E-state index < -0.39 is 5.41 Å². The van der Waals surface area contributed by atoms with Gasteiger partial charge in [0, 0.05) is 18.2 Å². The molecule has 1 aromatic carbocycles. The van der Waals surface area contributed by atoms with E-state index in [2.05, 4.69) is 20.8 Å². The Bertz CT molecular complexity index is 632. The predicted octanol–water partition coefficient (Wildman–Crippen LogP) is 1.94. The molecule has 0 aliphatic carbocycles. The maximum absolute atomic E-state index is 12.7. The van der Waals surface area contributed by atoms with Crippen molar-refractivity contribution in [2.45, 2.75) is 12.8 Å². The van der Waals surface area contributed by atoms with Gasteiger partial charge in [0.2, 0.25) is 5.91 Å². The molecule has 1 aliphatic rings. The number of carbonyl (C=O) groups excluding carboxylic acids is 1. The molecule has 1 amide bonds. The van der Waals surface area contributed by atoms with Crippen LogP contribution in [0.5, 0.6) is 0 Å². The van der Waals surface area contributed by atoms with Crippen LogP contribution in [0.2, 0.25) is 0 Å². The fourth-order valence-electron chi connectivity index (χ4n) is 2.90. The zero-order chi connectivity index (χ0) is 14.7. The second-order valence-corrected chi connectivity index (χ2v) is 5.59. The van der Waals surface area contributed by atoms with E-state index in [0.717, 1.165) is 42.5 Å². The van der Waals surface area contributed by atoms with E-state index in [1.165, 1.54) is 0 Å². The SMILES string of the molecule is COCC1(C(=O)Nc2ccc3cn[nH]c3c2)CCNCC1.Cl. The lowest BCUT2D eigenvalue weighted by Crippen LogP contribution is -2.47. The lowest BCUT2D eigenvalue weighted by atomic mass is 9.78. The number of anilines is 1. The number of ether oxygens (including phenoxy) is 1. The van der Waals surface area contributed by atoms with Gasteiger partial charge in [0.1, 0.15) is 0 Å². The van der Waals surface area contributed by atoms with E-state index in [0.29, 0.717) is 6.61 Å². The number of nitrogens with zero attached hydrogens (tertiary/aromatic N) is 1. The lowest BCUT2D eigenvalue weighted by Gasteiger charge is -2.35. The molecule has 0 bridgehead atoms. The van der Waals surface area contributed by atoms with Crippen molar-refractivity contribution in [3.8, 4) is 0 Å². The average Bonchev–Trinajstić information content (AvgIpc) is 2.96. The molecule has 1 aliphatic heterocycles. The van der Waals surface area contributed by atoms with Crippen LogP contribution < -0.4 is 10.6 Å². The maximum atomic E-state index is 12.7. The molecule has 7 heteroatoms. The smallest absolute Gasteiger partial charge is 0.233 e. The number of amides is 1. The molecule has 0 radical (unpaired) electrons. The Hall–Kier alpha value is -1.63. The van der Waals surface area contributed by atoms with Gasteiger partial charge in [0.25, 0.3) is 0 Å². The largest absolute Gasteiger partial charge is 0.384 e. The molecule has 0 spiro atoms. The van der Waals surface area contributed by atoms with Gasteiger partial charge < -0.3 is 15.4 Å². The second-order valence-electron chi connectivity index (χ2n) is 5.59. The monoisotopic (exact) mass is 324 g/mol. The maximum Gasteiger partial charge on any atom is 0.233 e. The fourth-order valence-corrected chi connectivity index (χ4v) is 2.90. The number of methoxy groups -OCH3 is 1. The van der Waals surface area contributed by atoms with Gasteiger partial charge in [-0.3, -0.25) is 9.89 Å². The lowest BCUT2D eigenvalue weighted by molar-refractivity contribution is -0.130. The normalized spacial score (nSPS) is 17.0.